The molecule has 4 nitrogen and oxygen atoms in total. The van der Waals surface area contributed by atoms with Gasteiger partial charge < -0.3 is 15.5 Å². The molecular weight excluding hydrogens is 166 g/mol. The van der Waals surface area contributed by atoms with Gasteiger partial charge in [-0.05, 0) is 32.9 Å². The Labute approximate surface area is 79.7 Å². The van der Waals surface area contributed by atoms with Crippen LogP contribution in [0, 0.1) is 0 Å². The second kappa shape index (κ2) is 5.80. The summed E-state index contributed by atoms with van der Waals surface area (Å²) < 4.78 is 0. The quantitative estimate of drug-likeness (QED) is 0.623. The van der Waals surface area contributed by atoms with Crippen molar-refractivity contribution in [3.05, 3.63) is 0 Å². The Balaban J connectivity index is 2.03. The molecule has 0 aliphatic carbocycles. The lowest BCUT2D eigenvalue weighted by Crippen LogP contribution is -2.38. The van der Waals surface area contributed by atoms with Crippen LogP contribution < -0.4 is 10.6 Å². The van der Waals surface area contributed by atoms with Gasteiger partial charge >= 0.3 is 6.03 Å². The van der Waals surface area contributed by atoms with E-state index in [9.17, 15) is 4.79 Å². The monoisotopic (exact) mass is 185 g/mol. The summed E-state index contributed by atoms with van der Waals surface area (Å²) >= 11 is 0. The molecule has 0 bridgehead atoms. The zero-order valence-electron chi connectivity index (χ0n) is 8.31. The van der Waals surface area contributed by atoms with Gasteiger partial charge in [-0.25, -0.2) is 4.79 Å². The van der Waals surface area contributed by atoms with Gasteiger partial charge in [-0.15, -0.1) is 0 Å². The topological polar surface area (TPSA) is 44.4 Å². The maximum absolute atomic E-state index is 11.4. The molecule has 1 aliphatic rings. The van der Waals surface area contributed by atoms with E-state index < -0.39 is 0 Å². The fraction of sp³-hybridized carbons (Fsp3) is 0.889. The van der Waals surface area contributed by atoms with Crippen LogP contribution in [0.25, 0.3) is 0 Å². The first-order valence-corrected chi connectivity index (χ1v) is 5.02. The molecule has 0 spiro atoms. The SMILES string of the molecule is CNCCCNC(=O)N1CCCC1. The molecule has 1 saturated heterocycles. The van der Waals surface area contributed by atoms with E-state index in [4.69, 9.17) is 0 Å². The fourth-order valence-corrected chi connectivity index (χ4v) is 1.49. The van der Waals surface area contributed by atoms with E-state index in [-0.39, 0.29) is 6.03 Å². The number of rotatable bonds is 4. The molecule has 0 saturated carbocycles. The molecule has 0 aromatic heterocycles. The minimum absolute atomic E-state index is 0.105. The minimum atomic E-state index is 0.105. The van der Waals surface area contributed by atoms with Gasteiger partial charge in [-0.1, -0.05) is 0 Å². The van der Waals surface area contributed by atoms with Crippen molar-refractivity contribution in [2.45, 2.75) is 19.3 Å². The molecule has 1 aliphatic heterocycles. The van der Waals surface area contributed by atoms with Crippen LogP contribution in [0.1, 0.15) is 19.3 Å². The van der Waals surface area contributed by atoms with Gasteiger partial charge in [0.05, 0.1) is 0 Å². The van der Waals surface area contributed by atoms with Crippen molar-refractivity contribution in [3.8, 4) is 0 Å². The van der Waals surface area contributed by atoms with E-state index in [0.717, 1.165) is 45.4 Å². The number of urea groups is 1. The first-order valence-electron chi connectivity index (χ1n) is 5.02. The van der Waals surface area contributed by atoms with Crippen molar-refractivity contribution in [2.24, 2.45) is 0 Å². The lowest BCUT2D eigenvalue weighted by atomic mass is 10.4. The molecule has 0 atom stereocenters. The number of carbonyl (C=O) groups excluding carboxylic acids is 1. The summed E-state index contributed by atoms with van der Waals surface area (Å²) in [6.45, 7) is 3.59. The lowest BCUT2D eigenvalue weighted by molar-refractivity contribution is 0.208. The molecule has 4 heteroatoms. The third kappa shape index (κ3) is 3.63. The fourth-order valence-electron chi connectivity index (χ4n) is 1.49. The number of carbonyl (C=O) groups is 1. The van der Waals surface area contributed by atoms with Crippen LogP contribution >= 0.6 is 0 Å². The Hall–Kier alpha value is -0.770. The van der Waals surface area contributed by atoms with Gasteiger partial charge in [0.1, 0.15) is 0 Å². The van der Waals surface area contributed by atoms with Crippen molar-refractivity contribution in [1.29, 1.82) is 0 Å². The van der Waals surface area contributed by atoms with E-state index in [0.29, 0.717) is 0 Å². The Bertz CT molecular complexity index is 155. The highest BCUT2D eigenvalue weighted by Gasteiger charge is 2.16. The predicted molar refractivity (Wildman–Crippen MR) is 52.7 cm³/mol. The maximum atomic E-state index is 11.4. The molecule has 0 aromatic carbocycles. The van der Waals surface area contributed by atoms with Gasteiger partial charge in [-0.3, -0.25) is 0 Å². The standard InChI is InChI=1S/C9H19N3O/c1-10-5-4-6-11-9(13)12-7-2-3-8-12/h10H,2-8H2,1H3,(H,11,13). The summed E-state index contributed by atoms with van der Waals surface area (Å²) in [6, 6.07) is 0.105. The van der Waals surface area contributed by atoms with E-state index in [1.807, 2.05) is 11.9 Å². The zero-order valence-corrected chi connectivity index (χ0v) is 8.31. The van der Waals surface area contributed by atoms with E-state index in [1.54, 1.807) is 0 Å². The molecule has 76 valence electrons. The van der Waals surface area contributed by atoms with Crippen LogP contribution in [-0.4, -0.2) is 44.2 Å². The number of nitrogens with zero attached hydrogens (tertiary/aromatic N) is 1. The van der Waals surface area contributed by atoms with Gasteiger partial charge in [0.25, 0.3) is 0 Å². The maximum Gasteiger partial charge on any atom is 0.317 e. The Morgan fingerprint density at radius 2 is 2.00 bits per heavy atom. The molecule has 2 N–H and O–H groups in total. The summed E-state index contributed by atoms with van der Waals surface area (Å²) in [6.07, 6.45) is 3.31. The highest BCUT2D eigenvalue weighted by atomic mass is 16.2. The van der Waals surface area contributed by atoms with Crippen molar-refractivity contribution in [2.75, 3.05) is 33.2 Å². The first-order chi connectivity index (χ1) is 6.34. The average molecular weight is 185 g/mol. The molecule has 1 heterocycles. The Morgan fingerprint density at radius 3 is 2.62 bits per heavy atom. The second-order valence-electron chi connectivity index (χ2n) is 3.38. The number of amides is 2. The summed E-state index contributed by atoms with van der Waals surface area (Å²) in [4.78, 5) is 13.3. The third-order valence-electron chi connectivity index (χ3n) is 2.27. The number of hydrogen-bond acceptors (Lipinski definition) is 2. The normalized spacial score (nSPS) is 16.2. The van der Waals surface area contributed by atoms with E-state index in [1.165, 1.54) is 0 Å². The summed E-state index contributed by atoms with van der Waals surface area (Å²) in [7, 11) is 1.92. The average Bonchev–Trinajstić information content (AvgIpc) is 2.65. The van der Waals surface area contributed by atoms with E-state index in [2.05, 4.69) is 10.6 Å². The van der Waals surface area contributed by atoms with Crippen molar-refractivity contribution in [3.63, 3.8) is 0 Å². The van der Waals surface area contributed by atoms with Gasteiger partial charge in [0.2, 0.25) is 0 Å². The van der Waals surface area contributed by atoms with Gasteiger partial charge in [-0.2, -0.15) is 0 Å². The molecule has 0 radical (unpaired) electrons. The van der Waals surface area contributed by atoms with Crippen LogP contribution in [-0.2, 0) is 0 Å². The van der Waals surface area contributed by atoms with E-state index >= 15 is 0 Å². The minimum Gasteiger partial charge on any atom is -0.338 e. The second-order valence-corrected chi connectivity index (χ2v) is 3.38. The summed E-state index contributed by atoms with van der Waals surface area (Å²) in [5.74, 6) is 0. The highest BCUT2D eigenvalue weighted by molar-refractivity contribution is 5.74. The van der Waals surface area contributed by atoms with Crippen molar-refractivity contribution in [1.82, 2.24) is 15.5 Å². The smallest absolute Gasteiger partial charge is 0.317 e. The van der Waals surface area contributed by atoms with Crippen LogP contribution in [0.3, 0.4) is 0 Å². The first kappa shape index (κ1) is 10.3. The Kier molecular flexibility index (Phi) is 4.60. The summed E-state index contributed by atoms with van der Waals surface area (Å²) in [5.41, 5.74) is 0. The third-order valence-corrected chi connectivity index (χ3v) is 2.27. The number of nitrogens with one attached hydrogen (secondary N) is 2. The largest absolute Gasteiger partial charge is 0.338 e. The van der Waals surface area contributed by atoms with Crippen molar-refractivity contribution < 1.29 is 4.79 Å². The van der Waals surface area contributed by atoms with Crippen LogP contribution in [0.15, 0.2) is 0 Å². The molecule has 0 aromatic rings. The molecule has 1 fully saturated rings. The molecule has 0 unspecified atom stereocenters. The molecule has 1 rings (SSSR count). The molecule has 2 amide bonds. The van der Waals surface area contributed by atoms with Gasteiger partial charge in [0.15, 0.2) is 0 Å². The molecule has 13 heavy (non-hydrogen) atoms. The Morgan fingerprint density at radius 1 is 1.31 bits per heavy atom. The summed E-state index contributed by atoms with van der Waals surface area (Å²) in [5, 5.41) is 5.95. The van der Waals surface area contributed by atoms with Gasteiger partial charge in [0, 0.05) is 19.6 Å². The predicted octanol–water partition coefficient (Wildman–Crippen LogP) is 0.401. The van der Waals surface area contributed by atoms with Crippen LogP contribution in [0.4, 0.5) is 4.79 Å². The zero-order chi connectivity index (χ0) is 9.52. The highest BCUT2D eigenvalue weighted by Crippen LogP contribution is 2.06. The van der Waals surface area contributed by atoms with Crippen LogP contribution in [0.5, 0.6) is 0 Å². The molecular formula is C9H19N3O. The lowest BCUT2D eigenvalue weighted by Gasteiger charge is -2.15. The van der Waals surface area contributed by atoms with Crippen molar-refractivity contribution >= 4 is 6.03 Å². The number of hydrogen-bond donors (Lipinski definition) is 2. The van der Waals surface area contributed by atoms with Crippen LogP contribution in [0.2, 0.25) is 0 Å². The number of likely N-dealkylation sites (tertiary alicyclic amines) is 1.